The van der Waals surface area contributed by atoms with Crippen LogP contribution in [0.15, 0.2) is 0 Å². The second-order valence-corrected chi connectivity index (χ2v) is 4.28. The maximum Gasteiger partial charge on any atom is 0.317 e. The first kappa shape index (κ1) is 9.93. The fraction of sp³-hybridized carbons (Fsp3) is 0.900. The van der Waals surface area contributed by atoms with Crippen LogP contribution in [0.5, 0.6) is 0 Å². The van der Waals surface area contributed by atoms with Crippen LogP contribution in [0.4, 0.5) is 0 Å². The lowest BCUT2D eigenvalue weighted by Gasteiger charge is -2.27. The molecule has 2 fully saturated rings. The quantitative estimate of drug-likeness (QED) is 0.684. The molecule has 2 aliphatic rings. The lowest BCUT2D eigenvalue weighted by molar-refractivity contribution is -0.138. The Morgan fingerprint density at radius 3 is 2.93 bits per heavy atom. The van der Waals surface area contributed by atoms with E-state index in [-0.39, 0.29) is 6.54 Å². The van der Waals surface area contributed by atoms with Gasteiger partial charge in [0.15, 0.2) is 0 Å². The Balaban J connectivity index is 1.92. The summed E-state index contributed by atoms with van der Waals surface area (Å²) in [5.41, 5.74) is 0. The molecule has 0 aromatic carbocycles. The number of nitrogens with one attached hydrogen (secondary N) is 1. The van der Waals surface area contributed by atoms with Gasteiger partial charge in [0.25, 0.3) is 0 Å². The van der Waals surface area contributed by atoms with Crippen molar-refractivity contribution in [1.82, 2.24) is 10.2 Å². The van der Waals surface area contributed by atoms with Gasteiger partial charge in [0.2, 0.25) is 0 Å². The molecule has 4 heteroatoms. The van der Waals surface area contributed by atoms with Crippen molar-refractivity contribution < 1.29 is 9.90 Å². The summed E-state index contributed by atoms with van der Waals surface area (Å²) >= 11 is 0. The highest BCUT2D eigenvalue weighted by Gasteiger charge is 2.33. The predicted octanol–water partition coefficient (Wildman–Crippen LogP) is 0.287. The summed E-state index contributed by atoms with van der Waals surface area (Å²) in [5.74, 6) is -0.699. The number of aliphatic carboxylic acids is 1. The van der Waals surface area contributed by atoms with E-state index in [1.165, 1.54) is 12.8 Å². The van der Waals surface area contributed by atoms with Gasteiger partial charge in [-0.25, -0.2) is 0 Å². The molecular weight excluding hydrogens is 180 g/mol. The molecule has 0 aromatic heterocycles. The van der Waals surface area contributed by atoms with Crippen molar-refractivity contribution in [3.63, 3.8) is 0 Å². The van der Waals surface area contributed by atoms with Gasteiger partial charge in [0.1, 0.15) is 0 Å². The molecule has 14 heavy (non-hydrogen) atoms. The lowest BCUT2D eigenvalue weighted by atomic mass is 10.0. The maximum atomic E-state index is 10.7. The number of likely N-dealkylation sites (tertiary alicyclic amines) is 1. The van der Waals surface area contributed by atoms with E-state index in [4.69, 9.17) is 5.11 Å². The molecule has 2 atom stereocenters. The molecule has 0 bridgehead atoms. The van der Waals surface area contributed by atoms with E-state index >= 15 is 0 Å². The van der Waals surface area contributed by atoms with E-state index in [9.17, 15) is 4.79 Å². The molecule has 0 saturated carbocycles. The van der Waals surface area contributed by atoms with Crippen molar-refractivity contribution in [3.05, 3.63) is 0 Å². The highest BCUT2D eigenvalue weighted by atomic mass is 16.4. The zero-order chi connectivity index (χ0) is 9.97. The van der Waals surface area contributed by atoms with Crippen LogP contribution in [0.1, 0.15) is 25.7 Å². The number of carboxylic acids is 1. The zero-order valence-corrected chi connectivity index (χ0v) is 8.41. The van der Waals surface area contributed by atoms with E-state index in [2.05, 4.69) is 10.2 Å². The summed E-state index contributed by atoms with van der Waals surface area (Å²) in [7, 11) is 0. The Labute approximate surface area is 84.3 Å². The smallest absolute Gasteiger partial charge is 0.317 e. The van der Waals surface area contributed by atoms with Crippen molar-refractivity contribution in [2.45, 2.75) is 37.8 Å². The van der Waals surface area contributed by atoms with Crippen LogP contribution in [0, 0.1) is 0 Å². The summed E-state index contributed by atoms with van der Waals surface area (Å²) < 4.78 is 0. The topological polar surface area (TPSA) is 52.6 Å². The van der Waals surface area contributed by atoms with Crippen LogP contribution >= 0.6 is 0 Å². The maximum absolute atomic E-state index is 10.7. The van der Waals surface area contributed by atoms with Crippen LogP contribution in [-0.4, -0.2) is 47.7 Å². The Bertz CT molecular complexity index is 214. The molecule has 0 aromatic rings. The standard InChI is InChI=1S/C10H18N2O2/c13-10(14)7-12-6-2-4-9(12)8-3-1-5-11-8/h8-9,11H,1-7H2,(H,13,14). The van der Waals surface area contributed by atoms with Crippen LogP contribution in [0.25, 0.3) is 0 Å². The van der Waals surface area contributed by atoms with Gasteiger partial charge in [-0.15, -0.1) is 0 Å². The summed E-state index contributed by atoms with van der Waals surface area (Å²) in [6.07, 6.45) is 4.75. The van der Waals surface area contributed by atoms with Crippen molar-refractivity contribution in [1.29, 1.82) is 0 Å². The average molecular weight is 198 g/mol. The highest BCUT2D eigenvalue weighted by molar-refractivity contribution is 5.69. The summed E-state index contributed by atoms with van der Waals surface area (Å²) in [6.45, 7) is 2.26. The SMILES string of the molecule is O=C(O)CN1CCCC1C1CCCN1. The molecule has 0 spiro atoms. The highest BCUT2D eigenvalue weighted by Crippen LogP contribution is 2.24. The number of carbonyl (C=O) groups is 1. The normalized spacial score (nSPS) is 33.7. The minimum atomic E-state index is -0.699. The van der Waals surface area contributed by atoms with E-state index < -0.39 is 5.97 Å². The molecule has 2 rings (SSSR count). The zero-order valence-electron chi connectivity index (χ0n) is 8.41. The van der Waals surface area contributed by atoms with Crippen LogP contribution < -0.4 is 5.32 Å². The first-order chi connectivity index (χ1) is 6.77. The molecule has 4 nitrogen and oxygen atoms in total. The Kier molecular flexibility index (Phi) is 3.03. The molecule has 80 valence electrons. The third-order valence-corrected chi connectivity index (χ3v) is 3.32. The van der Waals surface area contributed by atoms with Crippen LogP contribution in [0.2, 0.25) is 0 Å². The van der Waals surface area contributed by atoms with Crippen molar-refractivity contribution in [2.75, 3.05) is 19.6 Å². The van der Waals surface area contributed by atoms with Gasteiger partial charge < -0.3 is 10.4 Å². The molecule has 2 N–H and O–H groups in total. The lowest BCUT2D eigenvalue weighted by Crippen LogP contribution is -2.45. The number of hydrogen-bond acceptors (Lipinski definition) is 3. The number of carboxylic acid groups (broad SMARTS) is 1. The number of rotatable bonds is 3. The average Bonchev–Trinajstić information content (AvgIpc) is 2.70. The van der Waals surface area contributed by atoms with Crippen LogP contribution in [-0.2, 0) is 4.79 Å². The fourth-order valence-electron chi connectivity index (χ4n) is 2.72. The van der Waals surface area contributed by atoms with Crippen molar-refractivity contribution in [2.24, 2.45) is 0 Å². The molecule has 0 aliphatic carbocycles. The minimum absolute atomic E-state index is 0.211. The van der Waals surface area contributed by atoms with Gasteiger partial charge >= 0.3 is 5.97 Å². The van der Waals surface area contributed by atoms with Gasteiger partial charge in [-0.3, -0.25) is 9.69 Å². The van der Waals surface area contributed by atoms with Gasteiger partial charge in [-0.2, -0.15) is 0 Å². The summed E-state index contributed by atoms with van der Waals surface area (Å²) in [6, 6.07) is 1.01. The second kappa shape index (κ2) is 4.28. The Morgan fingerprint density at radius 1 is 1.43 bits per heavy atom. The van der Waals surface area contributed by atoms with E-state index in [1.54, 1.807) is 0 Å². The van der Waals surface area contributed by atoms with Gasteiger partial charge in [0.05, 0.1) is 6.54 Å². The third kappa shape index (κ3) is 2.07. The number of nitrogens with zero attached hydrogens (tertiary/aromatic N) is 1. The van der Waals surface area contributed by atoms with Gasteiger partial charge in [-0.05, 0) is 38.8 Å². The Hall–Kier alpha value is -0.610. The molecule has 2 saturated heterocycles. The molecule has 2 aliphatic heterocycles. The van der Waals surface area contributed by atoms with Crippen molar-refractivity contribution in [3.8, 4) is 0 Å². The van der Waals surface area contributed by atoms with Gasteiger partial charge in [-0.1, -0.05) is 0 Å². The summed E-state index contributed by atoms with van der Waals surface area (Å²) in [5, 5.41) is 12.2. The van der Waals surface area contributed by atoms with Crippen molar-refractivity contribution >= 4 is 5.97 Å². The molecular formula is C10H18N2O2. The minimum Gasteiger partial charge on any atom is -0.480 e. The van der Waals surface area contributed by atoms with E-state index in [0.717, 1.165) is 25.9 Å². The summed E-state index contributed by atoms with van der Waals surface area (Å²) in [4.78, 5) is 12.8. The molecule has 0 amide bonds. The monoisotopic (exact) mass is 198 g/mol. The fourth-order valence-corrected chi connectivity index (χ4v) is 2.72. The second-order valence-electron chi connectivity index (χ2n) is 4.28. The van der Waals surface area contributed by atoms with Crippen LogP contribution in [0.3, 0.4) is 0 Å². The number of hydrogen-bond donors (Lipinski definition) is 2. The predicted molar refractivity (Wildman–Crippen MR) is 53.3 cm³/mol. The first-order valence-corrected chi connectivity index (χ1v) is 5.46. The van der Waals surface area contributed by atoms with E-state index in [1.807, 2.05) is 0 Å². The first-order valence-electron chi connectivity index (χ1n) is 5.46. The van der Waals surface area contributed by atoms with E-state index in [0.29, 0.717) is 12.1 Å². The third-order valence-electron chi connectivity index (χ3n) is 3.32. The largest absolute Gasteiger partial charge is 0.480 e. The molecule has 0 radical (unpaired) electrons. The van der Waals surface area contributed by atoms with Gasteiger partial charge in [0, 0.05) is 12.1 Å². The Morgan fingerprint density at radius 2 is 2.29 bits per heavy atom. The molecule has 2 heterocycles. The molecule has 2 unspecified atom stereocenters.